The molecule has 8 heteroatoms. The number of aryl methyl sites for hydroxylation is 2. The van der Waals surface area contributed by atoms with Crippen LogP contribution in [0.1, 0.15) is 21.6 Å². The Labute approximate surface area is 134 Å². The van der Waals surface area contributed by atoms with Gasteiger partial charge in [0.2, 0.25) is 0 Å². The first-order valence-corrected chi connectivity index (χ1v) is 9.46. The van der Waals surface area contributed by atoms with Crippen molar-refractivity contribution in [1.29, 1.82) is 5.26 Å². The van der Waals surface area contributed by atoms with Crippen LogP contribution in [0.15, 0.2) is 14.1 Å². The molecule has 106 valence electrons. The van der Waals surface area contributed by atoms with Gasteiger partial charge in [-0.05, 0) is 53.9 Å². The first kappa shape index (κ1) is 15.5. The fourth-order valence-corrected chi connectivity index (χ4v) is 6.11. The summed E-state index contributed by atoms with van der Waals surface area (Å²) in [7, 11) is -3.65. The lowest BCUT2D eigenvalue weighted by Crippen LogP contribution is -2.11. The Kier molecular flexibility index (Phi) is 4.25. The largest absolute Gasteiger partial charge is 0.272 e. The van der Waals surface area contributed by atoms with E-state index in [9.17, 15) is 8.42 Å². The van der Waals surface area contributed by atoms with Gasteiger partial charge in [-0.25, -0.2) is 8.42 Å². The number of nitriles is 1. The zero-order chi connectivity index (χ0) is 15.1. The number of hydrogen-bond donors (Lipinski definition) is 1. The summed E-state index contributed by atoms with van der Waals surface area (Å²) in [6.45, 7) is 5.51. The van der Waals surface area contributed by atoms with Crippen LogP contribution in [-0.2, 0) is 10.0 Å². The van der Waals surface area contributed by atoms with Gasteiger partial charge in [0.25, 0.3) is 10.0 Å². The number of thiophene rings is 2. The van der Waals surface area contributed by atoms with Gasteiger partial charge in [-0.1, -0.05) is 0 Å². The Morgan fingerprint density at radius 2 is 1.95 bits per heavy atom. The summed E-state index contributed by atoms with van der Waals surface area (Å²) in [5, 5.41) is 9.52. The Hall–Kier alpha value is -0.880. The van der Waals surface area contributed by atoms with E-state index in [2.05, 4.69) is 26.7 Å². The number of halogens is 1. The molecular formula is C12H11BrN2O2S3. The first-order valence-electron chi connectivity index (χ1n) is 5.55. The van der Waals surface area contributed by atoms with E-state index in [0.717, 1.165) is 31.1 Å². The van der Waals surface area contributed by atoms with Crippen LogP contribution in [0.25, 0.3) is 0 Å². The van der Waals surface area contributed by atoms with E-state index in [-0.39, 0.29) is 4.21 Å². The minimum Gasteiger partial charge on any atom is -0.269 e. The Bertz CT molecular complexity index is 793. The second kappa shape index (κ2) is 5.48. The molecule has 1 N–H and O–H groups in total. The van der Waals surface area contributed by atoms with Crippen LogP contribution in [0.2, 0.25) is 0 Å². The van der Waals surface area contributed by atoms with Crippen molar-refractivity contribution in [3.8, 4) is 6.07 Å². The normalized spacial score (nSPS) is 11.3. The molecular weight excluding hydrogens is 380 g/mol. The van der Waals surface area contributed by atoms with Crippen molar-refractivity contribution >= 4 is 53.6 Å². The van der Waals surface area contributed by atoms with Gasteiger partial charge in [0.15, 0.2) is 0 Å². The van der Waals surface area contributed by atoms with E-state index in [4.69, 9.17) is 5.26 Å². The van der Waals surface area contributed by atoms with Gasteiger partial charge < -0.3 is 0 Å². The molecule has 0 aliphatic carbocycles. The van der Waals surface area contributed by atoms with Crippen LogP contribution in [0.4, 0.5) is 5.00 Å². The molecule has 0 fully saturated rings. The van der Waals surface area contributed by atoms with Crippen LogP contribution < -0.4 is 4.72 Å². The second-order valence-electron chi connectivity index (χ2n) is 4.23. The average molecular weight is 391 g/mol. The minimum atomic E-state index is -3.65. The van der Waals surface area contributed by atoms with E-state index < -0.39 is 10.0 Å². The minimum absolute atomic E-state index is 0.231. The van der Waals surface area contributed by atoms with E-state index in [1.54, 1.807) is 6.07 Å². The van der Waals surface area contributed by atoms with Gasteiger partial charge in [-0.3, -0.25) is 4.72 Å². The fourth-order valence-electron chi connectivity index (χ4n) is 1.57. The summed E-state index contributed by atoms with van der Waals surface area (Å²) in [6.07, 6.45) is 0. The molecule has 0 aliphatic heterocycles. The molecule has 0 radical (unpaired) electrons. The Morgan fingerprint density at radius 1 is 1.30 bits per heavy atom. The molecule has 0 aliphatic rings. The van der Waals surface area contributed by atoms with Crippen LogP contribution >= 0.6 is 38.6 Å². The molecule has 0 amide bonds. The zero-order valence-electron chi connectivity index (χ0n) is 10.9. The number of sulfonamides is 1. The van der Waals surface area contributed by atoms with Crippen molar-refractivity contribution in [1.82, 2.24) is 0 Å². The Balaban J connectivity index is 2.44. The molecule has 20 heavy (non-hydrogen) atoms. The van der Waals surface area contributed by atoms with Gasteiger partial charge in [-0.15, -0.1) is 22.7 Å². The highest BCUT2D eigenvalue weighted by Gasteiger charge is 2.22. The summed E-state index contributed by atoms with van der Waals surface area (Å²) >= 11 is 5.75. The van der Waals surface area contributed by atoms with Crippen LogP contribution in [0.5, 0.6) is 0 Å². The Morgan fingerprint density at radius 3 is 2.45 bits per heavy atom. The van der Waals surface area contributed by atoms with Crippen LogP contribution in [0.3, 0.4) is 0 Å². The lowest BCUT2D eigenvalue weighted by Gasteiger charge is -2.03. The van der Waals surface area contributed by atoms with Gasteiger partial charge in [0, 0.05) is 4.88 Å². The summed E-state index contributed by atoms with van der Waals surface area (Å²) < 4.78 is 28.2. The third-order valence-corrected chi connectivity index (χ3v) is 8.04. The molecule has 0 unspecified atom stereocenters. The molecule has 4 nitrogen and oxygen atoms in total. The monoisotopic (exact) mass is 390 g/mol. The number of rotatable bonds is 3. The summed E-state index contributed by atoms with van der Waals surface area (Å²) in [4.78, 5) is 0.933. The van der Waals surface area contributed by atoms with Crippen LogP contribution in [-0.4, -0.2) is 8.42 Å². The average Bonchev–Trinajstić information content (AvgIpc) is 2.82. The van der Waals surface area contributed by atoms with Crippen molar-refractivity contribution in [3.05, 3.63) is 31.4 Å². The molecule has 0 aromatic carbocycles. The maximum atomic E-state index is 12.3. The molecule has 2 rings (SSSR count). The third-order valence-electron chi connectivity index (χ3n) is 2.82. The predicted octanol–water partition coefficient (Wildman–Crippen LogP) is 4.17. The quantitative estimate of drug-likeness (QED) is 0.854. The number of nitrogens with zero attached hydrogens (tertiary/aromatic N) is 1. The molecule has 0 bridgehead atoms. The van der Waals surface area contributed by atoms with Crippen molar-refractivity contribution in [2.75, 3.05) is 4.72 Å². The first-order chi connectivity index (χ1) is 9.26. The van der Waals surface area contributed by atoms with Crippen LogP contribution in [0, 0.1) is 32.1 Å². The van der Waals surface area contributed by atoms with Gasteiger partial charge in [0.05, 0.1) is 9.35 Å². The van der Waals surface area contributed by atoms with E-state index in [1.165, 1.54) is 11.3 Å². The van der Waals surface area contributed by atoms with Crippen molar-refractivity contribution in [2.24, 2.45) is 0 Å². The highest BCUT2D eigenvalue weighted by Crippen LogP contribution is 2.36. The lowest BCUT2D eigenvalue weighted by atomic mass is 10.2. The maximum Gasteiger partial charge on any atom is 0.272 e. The summed E-state index contributed by atoms with van der Waals surface area (Å²) in [5.74, 6) is 0. The molecule has 0 saturated heterocycles. The van der Waals surface area contributed by atoms with E-state index >= 15 is 0 Å². The maximum absolute atomic E-state index is 12.3. The van der Waals surface area contributed by atoms with E-state index in [0.29, 0.717) is 10.6 Å². The smallest absolute Gasteiger partial charge is 0.269 e. The molecule has 2 aromatic heterocycles. The molecule has 2 heterocycles. The summed E-state index contributed by atoms with van der Waals surface area (Å²) in [6, 6.07) is 3.66. The SMILES string of the molecule is Cc1cc(S(=O)(=O)Nc2sc(C)c(C)c2C#N)sc1Br. The molecule has 0 atom stereocenters. The van der Waals surface area contributed by atoms with Crippen molar-refractivity contribution in [2.45, 2.75) is 25.0 Å². The second-order valence-corrected chi connectivity index (χ2v) is 9.73. The summed E-state index contributed by atoms with van der Waals surface area (Å²) in [5.41, 5.74) is 2.08. The predicted molar refractivity (Wildman–Crippen MR) is 86.1 cm³/mol. The van der Waals surface area contributed by atoms with Gasteiger partial charge >= 0.3 is 0 Å². The molecule has 0 saturated carbocycles. The molecule has 2 aromatic rings. The van der Waals surface area contributed by atoms with Crippen molar-refractivity contribution in [3.63, 3.8) is 0 Å². The number of anilines is 1. The van der Waals surface area contributed by atoms with Crippen molar-refractivity contribution < 1.29 is 8.42 Å². The third kappa shape index (κ3) is 2.76. The zero-order valence-corrected chi connectivity index (χ0v) is 15.0. The fraction of sp³-hybridized carbons (Fsp3) is 0.250. The highest BCUT2D eigenvalue weighted by atomic mass is 79.9. The number of hydrogen-bond acceptors (Lipinski definition) is 5. The highest BCUT2D eigenvalue weighted by molar-refractivity contribution is 9.11. The van der Waals surface area contributed by atoms with Gasteiger partial charge in [0.1, 0.15) is 15.3 Å². The number of nitrogens with one attached hydrogen (secondary N) is 1. The van der Waals surface area contributed by atoms with E-state index in [1.807, 2.05) is 20.8 Å². The van der Waals surface area contributed by atoms with Gasteiger partial charge in [-0.2, -0.15) is 5.26 Å². The standard InChI is InChI=1S/C12H11BrN2O2S3/c1-6-4-10(19-11(6)13)20(16,17)15-12-9(5-14)7(2)8(3)18-12/h4,15H,1-3H3. The lowest BCUT2D eigenvalue weighted by molar-refractivity contribution is 0.603. The topological polar surface area (TPSA) is 70.0 Å². The molecule has 0 spiro atoms.